The van der Waals surface area contributed by atoms with E-state index in [9.17, 15) is 9.90 Å². The molecule has 0 heterocycles. The number of phenols is 1. The van der Waals surface area contributed by atoms with Crippen molar-refractivity contribution in [1.82, 2.24) is 0 Å². The van der Waals surface area contributed by atoms with E-state index in [1.807, 2.05) is 0 Å². The number of carbonyl (C=O) groups excluding carboxylic acids is 1. The van der Waals surface area contributed by atoms with Crippen LogP contribution in [0.3, 0.4) is 0 Å². The van der Waals surface area contributed by atoms with E-state index in [-0.39, 0.29) is 11.3 Å². The fourth-order valence-corrected chi connectivity index (χ4v) is 1.09. The van der Waals surface area contributed by atoms with Gasteiger partial charge in [-0.25, -0.2) is 0 Å². The Labute approximate surface area is 92.1 Å². The van der Waals surface area contributed by atoms with Crippen molar-refractivity contribution in [2.75, 3.05) is 13.2 Å². The minimum Gasteiger partial charge on any atom is -0.507 e. The highest BCUT2D eigenvalue weighted by molar-refractivity contribution is 5.79. The van der Waals surface area contributed by atoms with E-state index >= 15 is 0 Å². The Balaban J connectivity index is 2.48. The number of ether oxygens (including phenoxy) is 1. The Kier molecular flexibility index (Phi) is 4.69. The summed E-state index contributed by atoms with van der Waals surface area (Å²) in [6.07, 6.45) is 1.16. The molecule has 0 saturated carbocycles. The van der Waals surface area contributed by atoms with Crippen molar-refractivity contribution in [3.63, 3.8) is 0 Å². The lowest BCUT2D eigenvalue weighted by molar-refractivity contribution is 0.112. The lowest BCUT2D eigenvalue weighted by Crippen LogP contribution is -1.99. The van der Waals surface area contributed by atoms with Crippen LogP contribution >= 0.6 is 0 Å². The van der Waals surface area contributed by atoms with Crippen LogP contribution in [0.5, 0.6) is 11.5 Å². The summed E-state index contributed by atoms with van der Waals surface area (Å²) in [4.78, 5) is 13.1. The number of benzene rings is 1. The van der Waals surface area contributed by atoms with Crippen LogP contribution in [0.1, 0.15) is 16.8 Å². The van der Waals surface area contributed by atoms with Gasteiger partial charge >= 0.3 is 0 Å². The quantitative estimate of drug-likeness (QED) is 0.262. The molecule has 0 amide bonds. The zero-order valence-electron chi connectivity index (χ0n) is 8.54. The summed E-state index contributed by atoms with van der Waals surface area (Å²) in [7, 11) is 0. The average molecular weight is 221 g/mol. The van der Waals surface area contributed by atoms with Crippen molar-refractivity contribution in [2.24, 2.45) is 5.11 Å². The lowest BCUT2D eigenvalue weighted by Gasteiger charge is -2.06. The monoisotopic (exact) mass is 221 g/mol. The number of aldehydes is 1. The van der Waals surface area contributed by atoms with E-state index in [4.69, 9.17) is 10.3 Å². The first-order valence-corrected chi connectivity index (χ1v) is 4.70. The van der Waals surface area contributed by atoms with Gasteiger partial charge in [0.2, 0.25) is 0 Å². The van der Waals surface area contributed by atoms with Crippen molar-refractivity contribution in [2.45, 2.75) is 6.42 Å². The molecule has 0 radical (unpaired) electrons. The zero-order valence-corrected chi connectivity index (χ0v) is 8.54. The van der Waals surface area contributed by atoms with Gasteiger partial charge < -0.3 is 9.84 Å². The van der Waals surface area contributed by atoms with Crippen LogP contribution in [0, 0.1) is 0 Å². The standard InChI is InChI=1S/C10H11N3O3/c11-13-12-4-1-5-16-9-2-3-10(15)8(6-9)7-14/h2-3,6-7,15H,1,4-5H2. The first-order valence-electron chi connectivity index (χ1n) is 4.70. The van der Waals surface area contributed by atoms with Crippen molar-refractivity contribution >= 4 is 6.29 Å². The number of phenolic OH excluding ortho intramolecular Hbond substituents is 1. The van der Waals surface area contributed by atoms with Gasteiger partial charge in [0.1, 0.15) is 11.5 Å². The number of azide groups is 1. The second-order valence-electron chi connectivity index (χ2n) is 2.99. The minimum atomic E-state index is -0.0727. The molecule has 16 heavy (non-hydrogen) atoms. The summed E-state index contributed by atoms with van der Waals surface area (Å²) in [5.41, 5.74) is 8.22. The molecule has 1 aromatic carbocycles. The highest BCUT2D eigenvalue weighted by Gasteiger charge is 2.01. The maximum absolute atomic E-state index is 10.5. The van der Waals surface area contributed by atoms with Crippen LogP contribution in [0.15, 0.2) is 23.3 Å². The molecule has 1 rings (SSSR count). The van der Waals surface area contributed by atoms with Gasteiger partial charge in [0, 0.05) is 11.5 Å². The van der Waals surface area contributed by atoms with Crippen LogP contribution in [0.2, 0.25) is 0 Å². The van der Waals surface area contributed by atoms with Crippen molar-refractivity contribution in [1.29, 1.82) is 0 Å². The van der Waals surface area contributed by atoms with Crippen LogP contribution in [0.4, 0.5) is 0 Å². The summed E-state index contributed by atoms with van der Waals surface area (Å²) >= 11 is 0. The van der Waals surface area contributed by atoms with Gasteiger partial charge in [-0.1, -0.05) is 5.11 Å². The van der Waals surface area contributed by atoms with Gasteiger partial charge in [-0.05, 0) is 30.2 Å². The molecule has 0 aliphatic heterocycles. The van der Waals surface area contributed by atoms with E-state index in [0.717, 1.165) is 0 Å². The molecule has 0 fully saturated rings. The van der Waals surface area contributed by atoms with Gasteiger partial charge in [0.15, 0.2) is 6.29 Å². The number of nitrogens with zero attached hydrogens (tertiary/aromatic N) is 3. The number of hydrogen-bond acceptors (Lipinski definition) is 4. The number of aromatic hydroxyl groups is 1. The molecule has 0 atom stereocenters. The first-order chi connectivity index (χ1) is 7.77. The predicted octanol–water partition coefficient (Wildman–Crippen LogP) is 2.28. The lowest BCUT2D eigenvalue weighted by atomic mass is 10.2. The van der Waals surface area contributed by atoms with Crippen LogP contribution in [0.25, 0.3) is 10.4 Å². The molecule has 0 aromatic heterocycles. The summed E-state index contributed by atoms with van der Waals surface area (Å²) in [5.74, 6) is 0.428. The Hall–Kier alpha value is -2.20. The Morgan fingerprint density at radius 1 is 1.56 bits per heavy atom. The Morgan fingerprint density at radius 2 is 2.38 bits per heavy atom. The van der Waals surface area contributed by atoms with Crippen molar-refractivity contribution in [3.8, 4) is 11.5 Å². The molecule has 1 aromatic rings. The van der Waals surface area contributed by atoms with Gasteiger partial charge in [0.25, 0.3) is 0 Å². The molecule has 1 N–H and O–H groups in total. The Bertz CT molecular complexity index is 414. The Morgan fingerprint density at radius 3 is 3.06 bits per heavy atom. The summed E-state index contributed by atoms with van der Waals surface area (Å²) in [6, 6.07) is 4.41. The molecule has 6 nitrogen and oxygen atoms in total. The fourth-order valence-electron chi connectivity index (χ4n) is 1.09. The summed E-state index contributed by atoms with van der Waals surface area (Å²) < 4.78 is 5.30. The van der Waals surface area contributed by atoms with Crippen LogP contribution < -0.4 is 4.74 Å². The number of carbonyl (C=O) groups is 1. The first kappa shape index (κ1) is 11.9. The summed E-state index contributed by atoms with van der Waals surface area (Å²) in [5, 5.41) is 12.6. The molecular weight excluding hydrogens is 210 g/mol. The normalized spacial score (nSPS) is 9.25. The molecule has 0 bridgehead atoms. The minimum absolute atomic E-state index is 0.0727. The zero-order chi connectivity index (χ0) is 11.8. The van der Waals surface area contributed by atoms with E-state index in [0.29, 0.717) is 31.6 Å². The highest BCUT2D eigenvalue weighted by Crippen LogP contribution is 2.21. The van der Waals surface area contributed by atoms with E-state index < -0.39 is 0 Å². The fraction of sp³-hybridized carbons (Fsp3) is 0.300. The van der Waals surface area contributed by atoms with E-state index in [1.165, 1.54) is 12.1 Å². The van der Waals surface area contributed by atoms with Gasteiger partial charge in [-0.3, -0.25) is 4.79 Å². The number of hydrogen-bond donors (Lipinski definition) is 1. The largest absolute Gasteiger partial charge is 0.507 e. The molecule has 0 spiro atoms. The molecule has 84 valence electrons. The smallest absolute Gasteiger partial charge is 0.153 e. The average Bonchev–Trinajstić information content (AvgIpc) is 2.31. The topological polar surface area (TPSA) is 95.3 Å². The van der Waals surface area contributed by atoms with Crippen LogP contribution in [-0.2, 0) is 0 Å². The van der Waals surface area contributed by atoms with Crippen LogP contribution in [-0.4, -0.2) is 24.5 Å². The molecule has 0 aliphatic carbocycles. The third-order valence-corrected chi connectivity index (χ3v) is 1.86. The van der Waals surface area contributed by atoms with Crippen molar-refractivity contribution < 1.29 is 14.6 Å². The van der Waals surface area contributed by atoms with Gasteiger partial charge in [-0.15, -0.1) is 0 Å². The third-order valence-electron chi connectivity index (χ3n) is 1.86. The van der Waals surface area contributed by atoms with E-state index in [2.05, 4.69) is 10.0 Å². The van der Waals surface area contributed by atoms with Crippen molar-refractivity contribution in [3.05, 3.63) is 34.2 Å². The maximum Gasteiger partial charge on any atom is 0.153 e. The predicted molar refractivity (Wildman–Crippen MR) is 57.6 cm³/mol. The SMILES string of the molecule is [N-]=[N+]=NCCCOc1ccc(O)c(C=O)c1. The molecule has 0 aliphatic rings. The molecule has 0 unspecified atom stereocenters. The highest BCUT2D eigenvalue weighted by atomic mass is 16.5. The molecule has 6 heteroatoms. The third kappa shape index (κ3) is 3.51. The molecule has 0 saturated heterocycles. The van der Waals surface area contributed by atoms with E-state index in [1.54, 1.807) is 6.07 Å². The number of rotatable bonds is 6. The summed E-state index contributed by atoms with van der Waals surface area (Å²) in [6.45, 7) is 0.761. The molecular formula is C10H11N3O3. The van der Waals surface area contributed by atoms with Gasteiger partial charge in [0.05, 0.1) is 12.2 Å². The second kappa shape index (κ2) is 6.31. The second-order valence-corrected chi connectivity index (χ2v) is 2.99. The van der Waals surface area contributed by atoms with Gasteiger partial charge in [-0.2, -0.15) is 0 Å². The maximum atomic E-state index is 10.5.